The lowest BCUT2D eigenvalue weighted by Gasteiger charge is -2.29. The summed E-state index contributed by atoms with van der Waals surface area (Å²) in [5.74, 6) is -0.689. The Morgan fingerprint density at radius 2 is 1.91 bits per heavy atom. The van der Waals surface area contributed by atoms with Crippen molar-refractivity contribution in [3.05, 3.63) is 64.7 Å². The van der Waals surface area contributed by atoms with E-state index in [1.54, 1.807) is 30.3 Å². The van der Waals surface area contributed by atoms with Gasteiger partial charge in [-0.2, -0.15) is 0 Å². The standard InChI is InChI=1S/C23H28ClN3O4S2/c1-2-3-6-16-9-11-18(12-10-16)33(30,31)20-14-26-23(27-22(20)29)32-15-21(28)25-13-17-7-4-5-8-19(17)24/h4-5,7-12,20,23,26H,2-3,6,13-15H2,1H3,(H,25,28)(H,27,29). The van der Waals surface area contributed by atoms with Gasteiger partial charge in [-0.25, -0.2) is 8.42 Å². The van der Waals surface area contributed by atoms with Crippen molar-refractivity contribution < 1.29 is 18.0 Å². The van der Waals surface area contributed by atoms with Gasteiger partial charge in [0, 0.05) is 18.1 Å². The minimum absolute atomic E-state index is 0.0232. The normalized spacial score (nSPS) is 18.5. The Bertz CT molecular complexity index is 1080. The summed E-state index contributed by atoms with van der Waals surface area (Å²) >= 11 is 7.27. The van der Waals surface area contributed by atoms with E-state index in [4.69, 9.17) is 11.6 Å². The van der Waals surface area contributed by atoms with Crippen LogP contribution < -0.4 is 16.0 Å². The highest BCUT2D eigenvalue weighted by Gasteiger charge is 2.38. The highest BCUT2D eigenvalue weighted by atomic mass is 35.5. The predicted molar refractivity (Wildman–Crippen MR) is 132 cm³/mol. The lowest BCUT2D eigenvalue weighted by atomic mass is 10.1. The lowest BCUT2D eigenvalue weighted by molar-refractivity contribution is -0.122. The first-order valence-electron chi connectivity index (χ1n) is 10.8. The van der Waals surface area contributed by atoms with Crippen LogP contribution >= 0.6 is 23.4 Å². The monoisotopic (exact) mass is 509 g/mol. The van der Waals surface area contributed by atoms with Gasteiger partial charge in [0.05, 0.1) is 10.6 Å². The first-order chi connectivity index (χ1) is 15.8. The molecule has 1 aliphatic heterocycles. The molecule has 178 valence electrons. The van der Waals surface area contributed by atoms with Gasteiger partial charge in [0.25, 0.3) is 0 Å². The minimum Gasteiger partial charge on any atom is -0.351 e. The molecular formula is C23H28ClN3O4S2. The summed E-state index contributed by atoms with van der Waals surface area (Å²) in [6, 6.07) is 14.0. The van der Waals surface area contributed by atoms with Gasteiger partial charge in [-0.15, -0.1) is 11.8 Å². The number of sulfone groups is 1. The molecule has 7 nitrogen and oxygen atoms in total. The van der Waals surface area contributed by atoms with Crippen LogP contribution in [0.1, 0.15) is 30.9 Å². The van der Waals surface area contributed by atoms with Crippen molar-refractivity contribution in [3.63, 3.8) is 0 Å². The first-order valence-corrected chi connectivity index (χ1v) is 13.8. The third kappa shape index (κ3) is 6.96. The van der Waals surface area contributed by atoms with Crippen molar-refractivity contribution in [2.75, 3.05) is 12.3 Å². The number of carbonyl (C=O) groups is 2. The Morgan fingerprint density at radius 1 is 1.18 bits per heavy atom. The maximum absolute atomic E-state index is 13.0. The molecular weight excluding hydrogens is 482 g/mol. The first kappa shape index (κ1) is 25.6. The molecule has 2 aromatic carbocycles. The summed E-state index contributed by atoms with van der Waals surface area (Å²) < 4.78 is 25.9. The van der Waals surface area contributed by atoms with E-state index in [0.717, 1.165) is 30.4 Å². The molecule has 1 aliphatic rings. The summed E-state index contributed by atoms with van der Waals surface area (Å²) in [7, 11) is -3.82. The number of unbranched alkanes of at least 4 members (excludes halogenated alkanes) is 1. The molecule has 1 fully saturated rings. The van der Waals surface area contributed by atoms with Crippen molar-refractivity contribution in [2.45, 2.75) is 48.4 Å². The van der Waals surface area contributed by atoms with Crippen molar-refractivity contribution in [1.29, 1.82) is 0 Å². The molecule has 2 amide bonds. The summed E-state index contributed by atoms with van der Waals surface area (Å²) in [5.41, 5.74) is 1.34. The van der Waals surface area contributed by atoms with E-state index in [-0.39, 0.29) is 23.1 Å². The number of thioether (sulfide) groups is 1. The van der Waals surface area contributed by atoms with Gasteiger partial charge in [0.1, 0.15) is 5.50 Å². The van der Waals surface area contributed by atoms with Crippen molar-refractivity contribution in [2.24, 2.45) is 0 Å². The van der Waals surface area contributed by atoms with E-state index < -0.39 is 26.5 Å². The van der Waals surface area contributed by atoms with Gasteiger partial charge in [-0.05, 0) is 42.2 Å². The summed E-state index contributed by atoms with van der Waals surface area (Å²) in [4.78, 5) is 24.8. The van der Waals surface area contributed by atoms with E-state index in [1.165, 1.54) is 11.8 Å². The van der Waals surface area contributed by atoms with Gasteiger partial charge in [0.2, 0.25) is 11.8 Å². The largest absolute Gasteiger partial charge is 0.351 e. The van der Waals surface area contributed by atoms with E-state index in [9.17, 15) is 18.0 Å². The molecule has 3 N–H and O–H groups in total. The zero-order chi connectivity index (χ0) is 23.8. The molecule has 10 heteroatoms. The predicted octanol–water partition coefficient (Wildman–Crippen LogP) is 2.88. The second-order valence-electron chi connectivity index (χ2n) is 7.76. The van der Waals surface area contributed by atoms with Crippen molar-refractivity contribution in [1.82, 2.24) is 16.0 Å². The zero-order valence-electron chi connectivity index (χ0n) is 18.3. The van der Waals surface area contributed by atoms with E-state index >= 15 is 0 Å². The Kier molecular flexibility index (Phi) is 9.19. The number of amides is 2. The Hall–Kier alpha value is -2.07. The molecule has 2 aromatic rings. The molecule has 33 heavy (non-hydrogen) atoms. The number of aryl methyl sites for hydroxylation is 1. The molecule has 2 atom stereocenters. The summed E-state index contributed by atoms with van der Waals surface area (Å²) in [6.07, 6.45) is 3.00. The third-order valence-corrected chi connectivity index (χ3v) is 8.79. The highest BCUT2D eigenvalue weighted by molar-refractivity contribution is 8.00. The molecule has 1 saturated heterocycles. The number of nitrogens with one attached hydrogen (secondary N) is 3. The average Bonchev–Trinajstić information content (AvgIpc) is 2.81. The minimum atomic E-state index is -3.82. The fraction of sp³-hybridized carbons (Fsp3) is 0.391. The fourth-order valence-electron chi connectivity index (χ4n) is 3.37. The van der Waals surface area contributed by atoms with E-state index in [1.807, 2.05) is 18.2 Å². The number of halogens is 1. The molecule has 1 heterocycles. The Balaban J connectivity index is 1.49. The van der Waals surface area contributed by atoms with Crippen LogP contribution in [0.3, 0.4) is 0 Å². The molecule has 0 aliphatic carbocycles. The van der Waals surface area contributed by atoms with Crippen LogP contribution in [0.25, 0.3) is 0 Å². The molecule has 0 aromatic heterocycles. The third-order valence-electron chi connectivity index (χ3n) is 5.31. The number of hydrogen-bond acceptors (Lipinski definition) is 6. The van der Waals surface area contributed by atoms with Gasteiger partial charge in [-0.3, -0.25) is 14.9 Å². The number of rotatable bonds is 10. The highest BCUT2D eigenvalue weighted by Crippen LogP contribution is 2.21. The molecule has 0 spiro atoms. The number of benzene rings is 2. The molecule has 0 bridgehead atoms. The smallest absolute Gasteiger partial charge is 0.241 e. The van der Waals surface area contributed by atoms with Crippen LogP contribution in [0, 0.1) is 0 Å². The van der Waals surface area contributed by atoms with Gasteiger partial charge in [0.15, 0.2) is 15.1 Å². The quantitative estimate of drug-likeness (QED) is 0.455. The maximum Gasteiger partial charge on any atom is 0.241 e. The Labute approximate surface area is 204 Å². The summed E-state index contributed by atoms with van der Waals surface area (Å²) in [6.45, 7) is 2.39. The van der Waals surface area contributed by atoms with E-state index in [2.05, 4.69) is 22.9 Å². The fourth-order valence-corrected chi connectivity index (χ4v) is 5.91. The van der Waals surface area contributed by atoms with Gasteiger partial charge < -0.3 is 10.6 Å². The SMILES string of the molecule is CCCCc1ccc(S(=O)(=O)C2CNC(SCC(=O)NCc3ccccc3Cl)NC2=O)cc1. The van der Waals surface area contributed by atoms with Gasteiger partial charge in [-0.1, -0.05) is 55.3 Å². The second-order valence-corrected chi connectivity index (χ2v) is 11.4. The van der Waals surface area contributed by atoms with Crippen LogP contribution in [-0.4, -0.2) is 43.3 Å². The molecule has 0 saturated carbocycles. The van der Waals surface area contributed by atoms with Crippen LogP contribution in [-0.2, 0) is 32.4 Å². The van der Waals surface area contributed by atoms with Crippen LogP contribution in [0.5, 0.6) is 0 Å². The molecule has 0 radical (unpaired) electrons. The number of carbonyl (C=O) groups excluding carboxylic acids is 2. The lowest BCUT2D eigenvalue weighted by Crippen LogP contribution is -2.59. The van der Waals surface area contributed by atoms with Crippen LogP contribution in [0.15, 0.2) is 53.4 Å². The Morgan fingerprint density at radius 3 is 2.58 bits per heavy atom. The van der Waals surface area contributed by atoms with Crippen molar-refractivity contribution >= 4 is 45.0 Å². The topological polar surface area (TPSA) is 104 Å². The zero-order valence-corrected chi connectivity index (χ0v) is 20.7. The van der Waals surface area contributed by atoms with Gasteiger partial charge >= 0.3 is 0 Å². The summed E-state index contributed by atoms with van der Waals surface area (Å²) in [5, 5.41) is 7.80. The number of hydrogen-bond donors (Lipinski definition) is 3. The van der Waals surface area contributed by atoms with E-state index in [0.29, 0.717) is 11.6 Å². The van der Waals surface area contributed by atoms with Crippen molar-refractivity contribution in [3.8, 4) is 0 Å². The molecule has 3 rings (SSSR count). The van der Waals surface area contributed by atoms with Crippen LogP contribution in [0.4, 0.5) is 0 Å². The molecule has 2 unspecified atom stereocenters. The second kappa shape index (κ2) is 11.9. The van der Waals surface area contributed by atoms with Crippen LogP contribution in [0.2, 0.25) is 5.02 Å². The average molecular weight is 510 g/mol. The maximum atomic E-state index is 13.0.